The molecule has 0 saturated heterocycles. The molecule has 6 N–H and O–H groups in total. The summed E-state index contributed by atoms with van der Waals surface area (Å²) >= 11 is 0. The van der Waals surface area contributed by atoms with Crippen molar-refractivity contribution in [3.05, 3.63) is 0 Å². The molecular weight excluding hydrogens is 439 g/mol. The van der Waals surface area contributed by atoms with Crippen molar-refractivity contribution in [2.75, 3.05) is 13.2 Å². The lowest BCUT2D eigenvalue weighted by atomic mass is 9.83. The number of carboxylic acids is 6. The van der Waals surface area contributed by atoms with Gasteiger partial charge in [-0.25, -0.2) is 0 Å². The Morgan fingerprint density at radius 2 is 0.800 bits per heavy atom. The minimum Gasteiger partial charge on any atom is -0.480 e. The smallest absolute Gasteiger partial charge is 0.332 e. The molecule has 0 atom stereocenters. The van der Waals surface area contributed by atoms with Gasteiger partial charge in [-0.05, 0) is 25.7 Å². The van der Waals surface area contributed by atoms with Crippen LogP contribution in [0.25, 0.3) is 0 Å². The van der Waals surface area contributed by atoms with Crippen LogP contribution >= 0.6 is 8.25 Å². The summed E-state index contributed by atoms with van der Waals surface area (Å²) in [6.07, 6.45) is -2.66. The van der Waals surface area contributed by atoms with E-state index in [1.54, 1.807) is 0 Å². The van der Waals surface area contributed by atoms with E-state index in [2.05, 4.69) is 9.05 Å². The molecule has 0 heterocycles. The Kier molecular flexibility index (Phi) is 10.1. The van der Waals surface area contributed by atoms with Crippen LogP contribution in [0.15, 0.2) is 0 Å². The maximum absolute atomic E-state index is 11.5. The maximum Gasteiger partial charge on any atom is 0.332 e. The number of aliphatic carboxylic acids is 6. The van der Waals surface area contributed by atoms with Crippen LogP contribution in [0.2, 0.25) is 0 Å². The van der Waals surface area contributed by atoms with E-state index in [-0.39, 0.29) is 0 Å². The minimum atomic E-state index is -3.28. The summed E-state index contributed by atoms with van der Waals surface area (Å²) in [5.74, 6) is -12.6. The number of rotatable bonds is 16. The van der Waals surface area contributed by atoms with Crippen LogP contribution in [-0.2, 0) is 42.4 Å². The van der Waals surface area contributed by atoms with Crippen LogP contribution in [0.3, 0.4) is 0 Å². The summed E-state index contributed by atoms with van der Waals surface area (Å²) in [7, 11) is -3.28. The van der Waals surface area contributed by atoms with Crippen molar-refractivity contribution in [2.45, 2.75) is 25.7 Å². The van der Waals surface area contributed by atoms with Gasteiger partial charge in [0, 0.05) is 0 Å². The van der Waals surface area contributed by atoms with Crippen molar-refractivity contribution in [1.82, 2.24) is 0 Å². The number of carboxylic acid groups (broad SMARTS) is 6. The van der Waals surface area contributed by atoms with Crippen molar-refractivity contribution in [1.29, 1.82) is 0 Å². The van der Waals surface area contributed by atoms with Gasteiger partial charge in [-0.15, -0.1) is 0 Å². The predicted octanol–water partition coefficient (Wildman–Crippen LogP) is -0.550. The van der Waals surface area contributed by atoms with Gasteiger partial charge < -0.3 is 39.7 Å². The second-order valence-electron chi connectivity index (χ2n) is 5.80. The highest BCUT2D eigenvalue weighted by Gasteiger charge is 2.54. The molecule has 0 aromatic heterocycles. The van der Waals surface area contributed by atoms with Crippen LogP contribution in [0.5, 0.6) is 0 Å². The molecule has 0 aromatic carbocycles. The van der Waals surface area contributed by atoms with Gasteiger partial charge in [0.15, 0.2) is 0 Å². The molecule has 0 unspecified atom stereocenters. The summed E-state index contributed by atoms with van der Waals surface area (Å²) < 4.78 is 20.8. The molecule has 0 saturated carbocycles. The summed E-state index contributed by atoms with van der Waals surface area (Å²) in [5.41, 5.74) is -6.23. The predicted molar refractivity (Wildman–Crippen MR) is 90.1 cm³/mol. The van der Waals surface area contributed by atoms with Crippen molar-refractivity contribution >= 4 is 44.1 Å². The molecule has 0 fully saturated rings. The molecule has 0 aliphatic heterocycles. The topological polar surface area (TPSA) is 259 Å². The molecule has 0 amide bonds. The zero-order chi connectivity index (χ0) is 23.7. The summed E-state index contributed by atoms with van der Waals surface area (Å²) in [4.78, 5) is 66.1. The molecule has 30 heavy (non-hydrogen) atoms. The van der Waals surface area contributed by atoms with Crippen LogP contribution in [-0.4, -0.2) is 79.7 Å². The van der Waals surface area contributed by atoms with Gasteiger partial charge in [0.25, 0.3) is 10.8 Å². The first-order valence-electron chi connectivity index (χ1n) is 7.96. The fraction of sp³-hybridized carbons (Fsp3) is 0.571. The largest absolute Gasteiger partial charge is 0.480 e. The highest BCUT2D eigenvalue weighted by Crippen LogP contribution is 2.30. The van der Waals surface area contributed by atoms with Gasteiger partial charge >= 0.3 is 44.1 Å². The van der Waals surface area contributed by atoms with Gasteiger partial charge in [0.1, 0.15) is 0 Å². The first kappa shape index (κ1) is 27.0. The Morgan fingerprint density at radius 3 is 1.00 bits per heavy atom. The Morgan fingerprint density at radius 1 is 0.567 bits per heavy atom. The van der Waals surface area contributed by atoms with E-state index < -0.39 is 93.8 Å². The van der Waals surface area contributed by atoms with E-state index in [0.717, 1.165) is 0 Å². The fourth-order valence-electron chi connectivity index (χ4n) is 2.22. The van der Waals surface area contributed by atoms with Crippen LogP contribution in [0.4, 0.5) is 0 Å². The van der Waals surface area contributed by atoms with Gasteiger partial charge in [0.2, 0.25) is 0 Å². The molecule has 15 nitrogen and oxygen atoms in total. The quantitative estimate of drug-likeness (QED) is 0.0962. The Bertz CT molecular complexity index is 610. The molecule has 0 rings (SSSR count). The molecular formula is C14H19O15P. The average Bonchev–Trinajstić information content (AvgIpc) is 2.59. The van der Waals surface area contributed by atoms with Gasteiger partial charge in [-0.2, -0.15) is 0 Å². The molecule has 170 valence electrons. The number of hydrogen-bond donors (Lipinski definition) is 6. The first-order valence-corrected chi connectivity index (χ1v) is 9.19. The van der Waals surface area contributed by atoms with Crippen molar-refractivity contribution in [3.63, 3.8) is 0 Å². The van der Waals surface area contributed by atoms with Crippen LogP contribution in [0.1, 0.15) is 25.7 Å². The lowest BCUT2D eigenvalue weighted by Crippen LogP contribution is -2.46. The van der Waals surface area contributed by atoms with Gasteiger partial charge in [-0.1, -0.05) is 0 Å². The van der Waals surface area contributed by atoms with Crippen molar-refractivity contribution < 1.29 is 73.0 Å². The molecule has 0 radical (unpaired) electrons. The Balaban J connectivity index is 4.59. The SMILES string of the molecule is O=C(O)C(CCCO[PH](=O)OCCCC(C(=O)O)(C(=O)O)C(=O)O)(C(=O)O)C(=O)O. The average molecular weight is 458 g/mol. The minimum absolute atomic E-state index is 0.440. The highest BCUT2D eigenvalue weighted by molar-refractivity contribution is 7.33. The van der Waals surface area contributed by atoms with E-state index in [1.165, 1.54) is 0 Å². The first-order chi connectivity index (χ1) is 13.8. The molecule has 0 aliphatic carbocycles. The van der Waals surface area contributed by atoms with Crippen molar-refractivity contribution in [3.8, 4) is 0 Å². The second-order valence-corrected chi connectivity index (χ2v) is 6.87. The van der Waals surface area contributed by atoms with E-state index in [1.807, 2.05) is 0 Å². The summed E-state index contributed by atoms with van der Waals surface area (Å²) in [6.45, 7) is -1.09. The second kappa shape index (κ2) is 11.2. The third-order valence-corrected chi connectivity index (χ3v) is 4.90. The van der Waals surface area contributed by atoms with Crippen LogP contribution < -0.4 is 0 Å². The third kappa shape index (κ3) is 5.98. The zero-order valence-electron chi connectivity index (χ0n) is 15.1. The van der Waals surface area contributed by atoms with E-state index in [9.17, 15) is 33.3 Å². The molecule has 0 aromatic rings. The molecule has 0 aliphatic rings. The standard InChI is InChI=1S/C14H19O15P/c15-7(16)13(8(17)18,9(19)20)3-1-5-28-30(27)29-6-2-4-14(10(21)22,11(23)24)12(25)26/h30H,1-6H2,(H,15,16)(H,17,18)(H,19,20)(H,21,22)(H,23,24)(H,25,26). The maximum atomic E-state index is 11.5. The van der Waals surface area contributed by atoms with Gasteiger partial charge in [-0.3, -0.25) is 33.3 Å². The molecule has 0 spiro atoms. The third-order valence-electron chi connectivity index (χ3n) is 4.02. The number of hydrogen-bond acceptors (Lipinski definition) is 9. The zero-order valence-corrected chi connectivity index (χ0v) is 16.1. The van der Waals surface area contributed by atoms with Gasteiger partial charge in [0.05, 0.1) is 13.2 Å². The normalized spacial score (nSPS) is 11.8. The van der Waals surface area contributed by atoms with E-state index in [4.69, 9.17) is 30.6 Å². The molecule has 0 bridgehead atoms. The lowest BCUT2D eigenvalue weighted by molar-refractivity contribution is -0.179. The van der Waals surface area contributed by atoms with Crippen molar-refractivity contribution in [2.24, 2.45) is 10.8 Å². The number of carbonyl (C=O) groups is 6. The van der Waals surface area contributed by atoms with Crippen LogP contribution in [0, 0.1) is 10.8 Å². The monoisotopic (exact) mass is 458 g/mol. The lowest BCUT2D eigenvalue weighted by Gasteiger charge is -2.20. The Hall–Kier alpha value is -3.03. The highest BCUT2D eigenvalue weighted by atomic mass is 31.1. The summed E-state index contributed by atoms with van der Waals surface area (Å²) in [5, 5.41) is 53.3. The fourth-order valence-corrected chi connectivity index (χ4v) is 2.92. The molecule has 16 heteroatoms. The summed E-state index contributed by atoms with van der Waals surface area (Å²) in [6, 6.07) is 0. The van der Waals surface area contributed by atoms with E-state index in [0.29, 0.717) is 0 Å². The van der Waals surface area contributed by atoms with E-state index >= 15 is 0 Å². The Labute approximate surface area is 167 Å².